The zero-order valence-corrected chi connectivity index (χ0v) is 8.77. The van der Waals surface area contributed by atoms with Crippen LogP contribution in [0.25, 0.3) is 0 Å². The van der Waals surface area contributed by atoms with Gasteiger partial charge in [-0.1, -0.05) is 22.0 Å². The topological polar surface area (TPSA) is 26.0 Å². The van der Waals surface area contributed by atoms with E-state index >= 15 is 0 Å². The van der Waals surface area contributed by atoms with Crippen LogP contribution in [0.15, 0.2) is 22.7 Å². The van der Waals surface area contributed by atoms with Gasteiger partial charge in [0.15, 0.2) is 0 Å². The highest BCUT2D eigenvalue weighted by atomic mass is 79.9. The van der Waals surface area contributed by atoms with E-state index in [1.54, 1.807) is 0 Å². The molecule has 0 spiro atoms. The molecule has 1 aliphatic carbocycles. The summed E-state index contributed by atoms with van der Waals surface area (Å²) in [5, 5.41) is 0. The molecule has 2 N–H and O–H groups in total. The molecule has 1 atom stereocenters. The Hall–Kier alpha value is -0.410. The first-order valence-corrected chi connectivity index (χ1v) is 5.13. The van der Waals surface area contributed by atoms with Crippen molar-refractivity contribution >= 4 is 15.9 Å². The highest BCUT2D eigenvalue weighted by Crippen LogP contribution is 2.40. The average Bonchev–Trinajstić information content (AvgIpc) is 2.45. The molecule has 70 valence electrons. The SMILES string of the molecule is NCC1(F)CCc2ccc(Br)cc21. The maximum Gasteiger partial charge on any atom is 0.148 e. The van der Waals surface area contributed by atoms with E-state index in [-0.39, 0.29) is 6.54 Å². The predicted molar refractivity (Wildman–Crippen MR) is 54.3 cm³/mol. The van der Waals surface area contributed by atoms with Gasteiger partial charge in [0.05, 0.1) is 0 Å². The number of rotatable bonds is 1. The van der Waals surface area contributed by atoms with Crippen LogP contribution in [0.2, 0.25) is 0 Å². The molecule has 0 saturated carbocycles. The van der Waals surface area contributed by atoms with Crippen LogP contribution in [-0.4, -0.2) is 6.54 Å². The van der Waals surface area contributed by atoms with Crippen molar-refractivity contribution in [2.45, 2.75) is 18.5 Å². The van der Waals surface area contributed by atoms with Gasteiger partial charge in [0.1, 0.15) is 5.67 Å². The standard InChI is InChI=1S/C10H11BrFN/c11-8-2-1-7-3-4-10(12,6-13)9(7)5-8/h1-2,5H,3-4,6,13H2. The molecule has 0 amide bonds. The molecular formula is C10H11BrFN. The molecule has 1 aliphatic rings. The first-order chi connectivity index (χ1) is 6.15. The van der Waals surface area contributed by atoms with Gasteiger partial charge in [-0.2, -0.15) is 0 Å². The molecule has 1 nitrogen and oxygen atoms in total. The Balaban J connectivity index is 2.52. The minimum absolute atomic E-state index is 0.0798. The summed E-state index contributed by atoms with van der Waals surface area (Å²) in [6, 6.07) is 5.76. The molecule has 0 aliphatic heterocycles. The predicted octanol–water partition coefficient (Wildman–Crippen LogP) is 2.52. The van der Waals surface area contributed by atoms with E-state index in [9.17, 15) is 4.39 Å². The summed E-state index contributed by atoms with van der Waals surface area (Å²) in [4.78, 5) is 0. The molecule has 0 bridgehead atoms. The highest BCUT2D eigenvalue weighted by Gasteiger charge is 2.37. The molecule has 1 aromatic carbocycles. The second-order valence-electron chi connectivity index (χ2n) is 3.47. The quantitative estimate of drug-likeness (QED) is 0.807. The Morgan fingerprint density at radius 3 is 3.00 bits per heavy atom. The van der Waals surface area contributed by atoms with E-state index in [1.165, 1.54) is 0 Å². The van der Waals surface area contributed by atoms with Crippen molar-refractivity contribution in [2.75, 3.05) is 6.54 Å². The minimum atomic E-state index is -1.29. The molecule has 1 unspecified atom stereocenters. The fourth-order valence-electron chi connectivity index (χ4n) is 1.86. The van der Waals surface area contributed by atoms with E-state index in [0.29, 0.717) is 6.42 Å². The molecule has 0 heterocycles. The Morgan fingerprint density at radius 1 is 1.54 bits per heavy atom. The van der Waals surface area contributed by atoms with Crippen LogP contribution in [0, 0.1) is 0 Å². The number of halogens is 2. The number of hydrogen-bond donors (Lipinski definition) is 1. The van der Waals surface area contributed by atoms with E-state index in [4.69, 9.17) is 5.73 Å². The van der Waals surface area contributed by atoms with Gasteiger partial charge in [0.2, 0.25) is 0 Å². The summed E-state index contributed by atoms with van der Waals surface area (Å²) in [7, 11) is 0. The molecule has 1 aromatic rings. The summed E-state index contributed by atoms with van der Waals surface area (Å²) >= 11 is 3.34. The highest BCUT2D eigenvalue weighted by molar-refractivity contribution is 9.10. The van der Waals surface area contributed by atoms with Crippen LogP contribution >= 0.6 is 15.9 Å². The maximum absolute atomic E-state index is 14.1. The lowest BCUT2D eigenvalue weighted by atomic mass is 9.98. The molecule has 0 radical (unpaired) electrons. The maximum atomic E-state index is 14.1. The van der Waals surface area contributed by atoms with Crippen molar-refractivity contribution in [3.63, 3.8) is 0 Å². The third-order valence-electron chi connectivity index (χ3n) is 2.67. The molecular weight excluding hydrogens is 233 g/mol. The zero-order chi connectivity index (χ0) is 9.47. The second-order valence-corrected chi connectivity index (χ2v) is 4.39. The first kappa shape index (κ1) is 9.16. The lowest BCUT2D eigenvalue weighted by Crippen LogP contribution is -2.27. The number of aryl methyl sites for hydroxylation is 1. The normalized spacial score (nSPS) is 26.1. The smallest absolute Gasteiger partial charge is 0.148 e. The van der Waals surface area contributed by atoms with Crippen molar-refractivity contribution < 1.29 is 4.39 Å². The summed E-state index contributed by atoms with van der Waals surface area (Å²) in [5.41, 5.74) is 6.01. The van der Waals surface area contributed by atoms with Crippen molar-refractivity contribution in [3.8, 4) is 0 Å². The van der Waals surface area contributed by atoms with Gasteiger partial charge in [-0.3, -0.25) is 0 Å². The number of alkyl halides is 1. The molecule has 13 heavy (non-hydrogen) atoms. The molecule has 0 fully saturated rings. The average molecular weight is 244 g/mol. The molecule has 3 heteroatoms. The third kappa shape index (κ3) is 1.40. The Labute approximate surface area is 85.3 Å². The largest absolute Gasteiger partial charge is 0.327 e. The van der Waals surface area contributed by atoms with Gasteiger partial charge < -0.3 is 5.73 Å². The van der Waals surface area contributed by atoms with Crippen molar-refractivity contribution in [2.24, 2.45) is 5.73 Å². The first-order valence-electron chi connectivity index (χ1n) is 4.33. The number of benzene rings is 1. The zero-order valence-electron chi connectivity index (χ0n) is 7.19. The van der Waals surface area contributed by atoms with E-state index in [2.05, 4.69) is 15.9 Å². The van der Waals surface area contributed by atoms with Crippen LogP contribution in [0.3, 0.4) is 0 Å². The third-order valence-corrected chi connectivity index (χ3v) is 3.16. The van der Waals surface area contributed by atoms with Crippen molar-refractivity contribution in [3.05, 3.63) is 33.8 Å². The molecule has 0 saturated heterocycles. The monoisotopic (exact) mass is 243 g/mol. The van der Waals surface area contributed by atoms with Crippen molar-refractivity contribution in [1.82, 2.24) is 0 Å². The Kier molecular flexibility index (Phi) is 2.16. The minimum Gasteiger partial charge on any atom is -0.327 e. The van der Waals surface area contributed by atoms with Crippen LogP contribution in [0.5, 0.6) is 0 Å². The van der Waals surface area contributed by atoms with Crippen molar-refractivity contribution in [1.29, 1.82) is 0 Å². The van der Waals surface area contributed by atoms with Gasteiger partial charge in [-0.15, -0.1) is 0 Å². The molecule has 0 aromatic heterocycles. The Morgan fingerprint density at radius 2 is 2.31 bits per heavy atom. The summed E-state index contributed by atoms with van der Waals surface area (Å²) < 4.78 is 15.0. The summed E-state index contributed by atoms with van der Waals surface area (Å²) in [5.74, 6) is 0. The van der Waals surface area contributed by atoms with Gasteiger partial charge in [-0.05, 0) is 36.1 Å². The lowest BCUT2D eigenvalue weighted by Gasteiger charge is -2.18. The number of fused-ring (bicyclic) bond motifs is 1. The summed E-state index contributed by atoms with van der Waals surface area (Å²) in [6.45, 7) is 0.0798. The summed E-state index contributed by atoms with van der Waals surface area (Å²) in [6.07, 6.45) is 1.32. The van der Waals surface area contributed by atoms with E-state index in [0.717, 1.165) is 22.0 Å². The fraction of sp³-hybridized carbons (Fsp3) is 0.400. The van der Waals surface area contributed by atoms with Crippen LogP contribution in [0.4, 0.5) is 4.39 Å². The van der Waals surface area contributed by atoms with Crippen LogP contribution in [-0.2, 0) is 12.1 Å². The van der Waals surface area contributed by atoms with Gasteiger partial charge >= 0.3 is 0 Å². The van der Waals surface area contributed by atoms with E-state index < -0.39 is 5.67 Å². The number of nitrogens with two attached hydrogens (primary N) is 1. The van der Waals surface area contributed by atoms with Gasteiger partial charge in [-0.25, -0.2) is 4.39 Å². The number of hydrogen-bond acceptors (Lipinski definition) is 1. The van der Waals surface area contributed by atoms with Gasteiger partial charge in [0, 0.05) is 11.0 Å². The Bertz CT molecular complexity index is 340. The van der Waals surface area contributed by atoms with E-state index in [1.807, 2.05) is 18.2 Å². The molecule has 2 rings (SSSR count). The lowest BCUT2D eigenvalue weighted by molar-refractivity contribution is 0.177. The van der Waals surface area contributed by atoms with Crippen LogP contribution < -0.4 is 5.73 Å². The van der Waals surface area contributed by atoms with Gasteiger partial charge in [0.25, 0.3) is 0 Å². The second kappa shape index (κ2) is 3.07. The van der Waals surface area contributed by atoms with Crippen LogP contribution in [0.1, 0.15) is 17.5 Å². The fourth-order valence-corrected chi connectivity index (χ4v) is 2.22.